The molecule has 5 heteroatoms. The average Bonchev–Trinajstić information content (AvgIpc) is 2.69. The van der Waals surface area contributed by atoms with Crippen LogP contribution >= 0.6 is 0 Å². The van der Waals surface area contributed by atoms with E-state index in [9.17, 15) is 4.79 Å². The lowest BCUT2D eigenvalue weighted by Gasteiger charge is -2.07. The van der Waals surface area contributed by atoms with Crippen LogP contribution in [0.4, 0.5) is 0 Å². The summed E-state index contributed by atoms with van der Waals surface area (Å²) in [5.41, 5.74) is 0.546. The van der Waals surface area contributed by atoms with Crippen molar-refractivity contribution in [3.63, 3.8) is 0 Å². The minimum atomic E-state index is -0.311. The Balaban J connectivity index is 2.18. The van der Waals surface area contributed by atoms with Crippen molar-refractivity contribution < 1.29 is 5.11 Å². The molecule has 5 nitrogen and oxygen atoms in total. The van der Waals surface area contributed by atoms with Crippen LogP contribution < -0.4 is 5.56 Å². The van der Waals surface area contributed by atoms with E-state index in [0.717, 1.165) is 6.42 Å². The Kier molecular flexibility index (Phi) is 3.05. The molecular weight excluding hydrogens is 206 g/mol. The van der Waals surface area contributed by atoms with E-state index in [0.29, 0.717) is 18.5 Å². The van der Waals surface area contributed by atoms with Gasteiger partial charge in [-0.1, -0.05) is 0 Å². The van der Waals surface area contributed by atoms with Crippen LogP contribution in [0.1, 0.15) is 19.8 Å². The van der Waals surface area contributed by atoms with Crippen molar-refractivity contribution in [1.82, 2.24) is 14.2 Å². The normalized spacial score (nSPS) is 13.1. The van der Waals surface area contributed by atoms with E-state index in [2.05, 4.69) is 5.10 Å². The summed E-state index contributed by atoms with van der Waals surface area (Å²) in [5, 5.41) is 13.1. The quantitative estimate of drug-likeness (QED) is 0.825. The third-order valence-electron chi connectivity index (χ3n) is 2.56. The Morgan fingerprint density at radius 1 is 1.50 bits per heavy atom. The number of nitrogens with zero attached hydrogens (tertiary/aromatic N) is 3. The third kappa shape index (κ3) is 2.14. The second-order valence-electron chi connectivity index (χ2n) is 3.95. The number of aliphatic hydroxyl groups excluding tert-OH is 1. The van der Waals surface area contributed by atoms with Gasteiger partial charge in [-0.15, -0.1) is 0 Å². The van der Waals surface area contributed by atoms with Gasteiger partial charge in [-0.3, -0.25) is 4.79 Å². The van der Waals surface area contributed by atoms with Gasteiger partial charge in [0.05, 0.1) is 12.3 Å². The zero-order valence-electron chi connectivity index (χ0n) is 9.21. The van der Waals surface area contributed by atoms with Crippen molar-refractivity contribution in [3.8, 4) is 0 Å². The lowest BCUT2D eigenvalue weighted by Crippen LogP contribution is -2.21. The van der Waals surface area contributed by atoms with Gasteiger partial charge in [0.25, 0.3) is 5.56 Å². The highest BCUT2D eigenvalue weighted by Crippen LogP contribution is 1.99. The number of aliphatic hydroxyl groups is 1. The average molecular weight is 221 g/mol. The van der Waals surface area contributed by atoms with Crippen LogP contribution in [-0.2, 0) is 6.54 Å². The van der Waals surface area contributed by atoms with Crippen molar-refractivity contribution >= 4 is 5.52 Å². The van der Waals surface area contributed by atoms with Gasteiger partial charge in [-0.2, -0.15) is 5.10 Å². The molecule has 1 atom stereocenters. The predicted molar refractivity (Wildman–Crippen MR) is 60.4 cm³/mol. The highest BCUT2D eigenvalue weighted by molar-refractivity contribution is 5.42. The predicted octanol–water partition coefficient (Wildman–Crippen LogP) is 0.657. The maximum Gasteiger partial charge on any atom is 0.276 e. The number of hydrogen-bond acceptors (Lipinski definition) is 3. The summed E-state index contributed by atoms with van der Waals surface area (Å²) >= 11 is 0. The lowest BCUT2D eigenvalue weighted by atomic mass is 10.2. The van der Waals surface area contributed by atoms with Crippen molar-refractivity contribution in [2.45, 2.75) is 32.4 Å². The summed E-state index contributed by atoms with van der Waals surface area (Å²) in [6.07, 6.45) is 6.29. The molecule has 0 aromatic carbocycles. The van der Waals surface area contributed by atoms with Gasteiger partial charge in [0, 0.05) is 18.9 Å². The molecule has 2 aromatic rings. The SMILES string of the molecule is CC(O)CCCn1ccn2nccc2c1=O. The molecule has 0 aliphatic heterocycles. The monoisotopic (exact) mass is 221 g/mol. The summed E-state index contributed by atoms with van der Waals surface area (Å²) in [6.45, 7) is 2.38. The van der Waals surface area contributed by atoms with Gasteiger partial charge in [0.2, 0.25) is 0 Å². The molecule has 2 heterocycles. The summed E-state index contributed by atoms with van der Waals surface area (Å²) in [6, 6.07) is 1.70. The smallest absolute Gasteiger partial charge is 0.276 e. The molecule has 0 aliphatic carbocycles. The van der Waals surface area contributed by atoms with Crippen LogP contribution in [0, 0.1) is 0 Å². The van der Waals surface area contributed by atoms with Crippen molar-refractivity contribution in [2.24, 2.45) is 0 Å². The number of aryl methyl sites for hydroxylation is 1. The molecule has 1 N–H and O–H groups in total. The molecule has 2 aromatic heterocycles. The Bertz CT molecular complexity index is 527. The first-order valence-electron chi connectivity index (χ1n) is 5.39. The fourth-order valence-electron chi connectivity index (χ4n) is 1.69. The van der Waals surface area contributed by atoms with Gasteiger partial charge in [0.15, 0.2) is 0 Å². The second-order valence-corrected chi connectivity index (χ2v) is 3.95. The van der Waals surface area contributed by atoms with Crippen LogP contribution in [0.2, 0.25) is 0 Å². The standard InChI is InChI=1S/C11H15N3O2/c1-9(15)3-2-6-13-7-8-14-10(11(13)16)4-5-12-14/h4-5,7-9,15H,2-3,6H2,1H3. The molecule has 0 bridgehead atoms. The molecule has 0 saturated heterocycles. The molecule has 16 heavy (non-hydrogen) atoms. The fourth-order valence-corrected chi connectivity index (χ4v) is 1.69. The Labute approximate surface area is 92.9 Å². The second kappa shape index (κ2) is 4.49. The zero-order chi connectivity index (χ0) is 11.5. The minimum absolute atomic E-state index is 0.0365. The first-order valence-corrected chi connectivity index (χ1v) is 5.39. The summed E-state index contributed by atoms with van der Waals surface area (Å²) in [7, 11) is 0. The Morgan fingerprint density at radius 3 is 3.06 bits per heavy atom. The Hall–Kier alpha value is -1.62. The molecule has 2 rings (SSSR count). The van der Waals surface area contributed by atoms with E-state index in [1.807, 2.05) is 0 Å². The highest BCUT2D eigenvalue weighted by atomic mass is 16.3. The first-order chi connectivity index (χ1) is 7.68. The number of rotatable bonds is 4. The van der Waals surface area contributed by atoms with Gasteiger partial charge in [0.1, 0.15) is 5.52 Å². The highest BCUT2D eigenvalue weighted by Gasteiger charge is 2.03. The van der Waals surface area contributed by atoms with E-state index in [1.54, 1.807) is 40.7 Å². The maximum absolute atomic E-state index is 11.9. The summed E-state index contributed by atoms with van der Waals surface area (Å²) in [4.78, 5) is 11.9. The molecule has 86 valence electrons. The largest absolute Gasteiger partial charge is 0.393 e. The number of fused-ring (bicyclic) bond motifs is 1. The molecular formula is C11H15N3O2. The molecule has 0 spiro atoms. The van der Waals surface area contributed by atoms with Crippen molar-refractivity contribution in [2.75, 3.05) is 0 Å². The topological polar surface area (TPSA) is 59.5 Å². The van der Waals surface area contributed by atoms with Gasteiger partial charge >= 0.3 is 0 Å². The van der Waals surface area contributed by atoms with Crippen LogP contribution in [0.15, 0.2) is 29.5 Å². The van der Waals surface area contributed by atoms with E-state index in [4.69, 9.17) is 5.11 Å². The number of aromatic nitrogens is 3. The van der Waals surface area contributed by atoms with Crippen LogP contribution in [0.25, 0.3) is 5.52 Å². The van der Waals surface area contributed by atoms with Crippen LogP contribution in [-0.4, -0.2) is 25.4 Å². The molecule has 1 unspecified atom stereocenters. The molecule has 0 aliphatic rings. The van der Waals surface area contributed by atoms with Crippen molar-refractivity contribution in [3.05, 3.63) is 35.0 Å². The van der Waals surface area contributed by atoms with Crippen molar-refractivity contribution in [1.29, 1.82) is 0 Å². The van der Waals surface area contributed by atoms with E-state index < -0.39 is 0 Å². The van der Waals surface area contributed by atoms with Crippen LogP contribution in [0.3, 0.4) is 0 Å². The van der Waals surface area contributed by atoms with E-state index >= 15 is 0 Å². The minimum Gasteiger partial charge on any atom is -0.393 e. The first kappa shape index (κ1) is 10.9. The molecule has 0 radical (unpaired) electrons. The molecule has 0 fully saturated rings. The van der Waals surface area contributed by atoms with Gasteiger partial charge in [-0.25, -0.2) is 4.52 Å². The number of hydrogen-bond donors (Lipinski definition) is 1. The summed E-state index contributed by atoms with van der Waals surface area (Å²) in [5.74, 6) is 0. The lowest BCUT2D eigenvalue weighted by molar-refractivity contribution is 0.179. The molecule has 0 saturated carbocycles. The van der Waals surface area contributed by atoms with Crippen LogP contribution in [0.5, 0.6) is 0 Å². The van der Waals surface area contributed by atoms with E-state index in [1.165, 1.54) is 0 Å². The fraction of sp³-hybridized carbons (Fsp3) is 0.455. The third-order valence-corrected chi connectivity index (χ3v) is 2.56. The summed E-state index contributed by atoms with van der Waals surface area (Å²) < 4.78 is 3.22. The molecule has 0 amide bonds. The zero-order valence-corrected chi connectivity index (χ0v) is 9.21. The van der Waals surface area contributed by atoms with E-state index in [-0.39, 0.29) is 11.7 Å². The Morgan fingerprint density at radius 2 is 2.31 bits per heavy atom. The maximum atomic E-state index is 11.9. The van der Waals surface area contributed by atoms with Gasteiger partial charge in [-0.05, 0) is 25.8 Å². The van der Waals surface area contributed by atoms with Gasteiger partial charge < -0.3 is 9.67 Å².